The largest absolute Gasteiger partial charge is 0.228 e. The van der Waals surface area contributed by atoms with Gasteiger partial charge in [-0.15, -0.1) is 0 Å². The van der Waals surface area contributed by atoms with Gasteiger partial charge in [-0.25, -0.2) is 19.9 Å². The molecule has 4 heteroatoms. The smallest absolute Gasteiger partial charge is 0.160 e. The van der Waals surface area contributed by atoms with Crippen LogP contribution in [0.15, 0.2) is 218 Å². The van der Waals surface area contributed by atoms with Crippen molar-refractivity contribution in [2.45, 2.75) is 0 Å². The third kappa shape index (κ3) is 7.07. The van der Waals surface area contributed by atoms with Crippen LogP contribution in [0.2, 0.25) is 0 Å². The van der Waals surface area contributed by atoms with E-state index in [1.165, 1.54) is 5.56 Å². The first kappa shape index (κ1) is 34.7. The van der Waals surface area contributed by atoms with Gasteiger partial charge in [0.2, 0.25) is 0 Å². The Morgan fingerprint density at radius 2 is 0.638 bits per heavy atom. The van der Waals surface area contributed by atoms with Gasteiger partial charge < -0.3 is 0 Å². The highest BCUT2D eigenvalue weighted by molar-refractivity contribution is 5.94. The molecule has 0 N–H and O–H groups in total. The Morgan fingerprint density at radius 3 is 1.24 bits per heavy atom. The fourth-order valence-corrected chi connectivity index (χ4v) is 7.52. The van der Waals surface area contributed by atoms with Crippen molar-refractivity contribution in [2.24, 2.45) is 0 Å². The maximum absolute atomic E-state index is 5.22. The lowest BCUT2D eigenvalue weighted by molar-refractivity contribution is 1.18. The van der Waals surface area contributed by atoms with Crippen LogP contribution < -0.4 is 0 Å². The topological polar surface area (TPSA) is 51.6 Å². The molecule has 8 aromatic carbocycles. The van der Waals surface area contributed by atoms with E-state index in [2.05, 4.69) is 188 Å². The van der Waals surface area contributed by atoms with Gasteiger partial charge in [0.25, 0.3) is 0 Å². The normalized spacial score (nSPS) is 11.1. The van der Waals surface area contributed by atoms with E-state index in [1.807, 2.05) is 30.3 Å². The Hall–Kier alpha value is -7.82. The zero-order valence-corrected chi connectivity index (χ0v) is 31.6. The van der Waals surface area contributed by atoms with Gasteiger partial charge in [-0.05, 0) is 63.7 Å². The number of benzene rings is 8. The Morgan fingerprint density at radius 1 is 0.224 bits per heavy atom. The maximum atomic E-state index is 5.22. The second-order valence-electron chi connectivity index (χ2n) is 14.3. The van der Waals surface area contributed by atoms with Crippen molar-refractivity contribution in [3.63, 3.8) is 0 Å². The van der Waals surface area contributed by atoms with Gasteiger partial charge in [0.15, 0.2) is 11.6 Å². The van der Waals surface area contributed by atoms with Crippen LogP contribution in [0, 0.1) is 0 Å². The highest BCUT2D eigenvalue weighted by Crippen LogP contribution is 2.35. The molecule has 0 aliphatic rings. The lowest BCUT2D eigenvalue weighted by atomic mass is 9.99. The molecule has 58 heavy (non-hydrogen) atoms. The van der Waals surface area contributed by atoms with E-state index in [1.54, 1.807) is 0 Å². The molecule has 0 aliphatic carbocycles. The summed E-state index contributed by atoms with van der Waals surface area (Å²) in [6.07, 6.45) is 0. The Bertz CT molecular complexity index is 2930. The van der Waals surface area contributed by atoms with E-state index in [-0.39, 0.29) is 0 Å². The lowest BCUT2D eigenvalue weighted by Crippen LogP contribution is -1.97. The summed E-state index contributed by atoms with van der Waals surface area (Å²) in [5.41, 5.74) is 15.3. The van der Waals surface area contributed by atoms with Crippen LogP contribution in [0.1, 0.15) is 0 Å². The van der Waals surface area contributed by atoms with Crippen molar-refractivity contribution < 1.29 is 0 Å². The van der Waals surface area contributed by atoms with Crippen LogP contribution in [0.5, 0.6) is 0 Å². The van der Waals surface area contributed by atoms with E-state index in [0.29, 0.717) is 11.6 Å². The average molecular weight is 741 g/mol. The molecule has 0 spiro atoms. The van der Waals surface area contributed by atoms with Gasteiger partial charge in [0, 0.05) is 33.2 Å². The van der Waals surface area contributed by atoms with Crippen molar-refractivity contribution in [3.05, 3.63) is 218 Å². The number of hydrogen-bond acceptors (Lipinski definition) is 4. The van der Waals surface area contributed by atoms with Gasteiger partial charge in [0.1, 0.15) is 0 Å². The van der Waals surface area contributed by atoms with Gasteiger partial charge >= 0.3 is 0 Å². The molecule has 0 aliphatic heterocycles. The zero-order chi connectivity index (χ0) is 38.7. The maximum Gasteiger partial charge on any atom is 0.160 e. The second kappa shape index (κ2) is 15.4. The van der Waals surface area contributed by atoms with E-state index in [9.17, 15) is 0 Å². The monoisotopic (exact) mass is 740 g/mol. The number of fused-ring (bicyclic) bond motifs is 1. The summed E-state index contributed by atoms with van der Waals surface area (Å²) in [5, 5.41) is 1.02. The van der Waals surface area contributed by atoms with Crippen LogP contribution in [-0.4, -0.2) is 19.9 Å². The first-order valence-electron chi connectivity index (χ1n) is 19.5. The van der Waals surface area contributed by atoms with E-state index in [4.69, 9.17) is 19.9 Å². The first-order chi connectivity index (χ1) is 28.7. The van der Waals surface area contributed by atoms with Gasteiger partial charge in [-0.3, -0.25) is 0 Å². The fraction of sp³-hybridized carbons (Fsp3) is 0. The number of hydrogen-bond donors (Lipinski definition) is 0. The molecular formula is C54H36N4. The number of rotatable bonds is 8. The van der Waals surface area contributed by atoms with Crippen molar-refractivity contribution >= 4 is 10.9 Å². The van der Waals surface area contributed by atoms with E-state index < -0.39 is 0 Å². The molecule has 0 fully saturated rings. The molecule has 2 aromatic heterocycles. The number of para-hydroxylation sites is 1. The molecule has 0 atom stereocenters. The fourth-order valence-electron chi connectivity index (χ4n) is 7.52. The van der Waals surface area contributed by atoms with Crippen LogP contribution in [0.4, 0.5) is 0 Å². The molecule has 0 amide bonds. The average Bonchev–Trinajstić information content (AvgIpc) is 3.32. The van der Waals surface area contributed by atoms with Crippen LogP contribution in [-0.2, 0) is 0 Å². The molecule has 4 nitrogen and oxygen atoms in total. The minimum Gasteiger partial charge on any atom is -0.228 e. The van der Waals surface area contributed by atoms with Gasteiger partial charge in [0.05, 0.1) is 22.6 Å². The van der Waals surface area contributed by atoms with Crippen molar-refractivity contribution in [2.75, 3.05) is 0 Å². The Kier molecular flexibility index (Phi) is 9.18. The summed E-state index contributed by atoms with van der Waals surface area (Å²) in [6, 6.07) is 75.7. The predicted octanol–water partition coefficient (Wildman–Crippen LogP) is 13.8. The molecule has 0 saturated carbocycles. The quantitative estimate of drug-likeness (QED) is 0.156. The molecular weight excluding hydrogens is 705 g/mol. The summed E-state index contributed by atoms with van der Waals surface area (Å²) in [6.45, 7) is 0. The number of nitrogens with zero attached hydrogens (tertiary/aromatic N) is 4. The van der Waals surface area contributed by atoms with Crippen LogP contribution in [0.25, 0.3) is 101 Å². The van der Waals surface area contributed by atoms with Crippen molar-refractivity contribution in [1.82, 2.24) is 19.9 Å². The molecule has 2 heterocycles. The van der Waals surface area contributed by atoms with Gasteiger partial charge in [-0.1, -0.05) is 188 Å². The summed E-state index contributed by atoms with van der Waals surface area (Å²) >= 11 is 0. The lowest BCUT2D eigenvalue weighted by Gasteiger charge is -2.12. The summed E-state index contributed by atoms with van der Waals surface area (Å²) in [7, 11) is 0. The molecule has 10 aromatic rings. The third-order valence-corrected chi connectivity index (χ3v) is 10.5. The second-order valence-corrected chi connectivity index (χ2v) is 14.3. The standard InChI is InChI=1S/C54H36N4/c1-4-15-37(16-5-1)42-21-12-24-45(33-42)51-36-50(56-54(57-51)47-26-14-23-44(35-47)39-19-8-3-9-20-39)40-29-31-41(32-30-40)53-55-49-28-11-10-27-48(49)52(58-53)46-25-13-22-43(34-46)38-17-6-2-7-18-38/h1-36H. The minimum atomic E-state index is 0.666. The van der Waals surface area contributed by atoms with E-state index >= 15 is 0 Å². The Labute approximate surface area is 337 Å². The molecule has 0 radical (unpaired) electrons. The molecule has 0 bridgehead atoms. The number of aromatic nitrogens is 4. The minimum absolute atomic E-state index is 0.666. The Balaban J connectivity index is 1.06. The van der Waals surface area contributed by atoms with Crippen LogP contribution >= 0.6 is 0 Å². The summed E-state index contributed by atoms with van der Waals surface area (Å²) in [4.78, 5) is 20.7. The first-order valence-corrected chi connectivity index (χ1v) is 19.5. The molecule has 0 unspecified atom stereocenters. The highest BCUT2D eigenvalue weighted by atomic mass is 14.9. The van der Waals surface area contributed by atoms with Crippen molar-refractivity contribution in [3.8, 4) is 89.9 Å². The predicted molar refractivity (Wildman–Crippen MR) is 239 cm³/mol. The summed E-state index contributed by atoms with van der Waals surface area (Å²) < 4.78 is 0. The van der Waals surface area contributed by atoms with Gasteiger partial charge in [-0.2, -0.15) is 0 Å². The SMILES string of the molecule is c1ccc(-c2cccc(-c3cc(-c4ccc(-c5nc(-c6cccc(-c7ccccc7)c6)c6ccccc6n5)cc4)nc(-c4cccc(-c5ccccc5)c4)n3)c2)cc1. The third-order valence-electron chi connectivity index (χ3n) is 10.5. The van der Waals surface area contributed by atoms with Crippen LogP contribution in [0.3, 0.4) is 0 Å². The zero-order valence-electron chi connectivity index (χ0n) is 31.6. The summed E-state index contributed by atoms with van der Waals surface area (Å²) in [5.74, 6) is 1.34. The molecule has 0 saturated heterocycles. The molecule has 10 rings (SSSR count). The van der Waals surface area contributed by atoms with E-state index in [0.717, 1.165) is 83.6 Å². The molecule has 272 valence electrons. The van der Waals surface area contributed by atoms with Crippen molar-refractivity contribution in [1.29, 1.82) is 0 Å². The highest BCUT2D eigenvalue weighted by Gasteiger charge is 2.15.